The van der Waals surface area contributed by atoms with E-state index < -0.39 is 269 Å². The van der Waals surface area contributed by atoms with Crippen LogP contribution in [0.15, 0.2) is 124 Å². The number of hydrogen-bond acceptors (Lipinski definition) is 38. The number of thioether (sulfide) groups is 1. The number of nitrogens with two attached hydrogens (primary N) is 1. The van der Waals surface area contributed by atoms with E-state index in [4.69, 9.17) is 44.7 Å². The van der Waals surface area contributed by atoms with Gasteiger partial charge in [-0.25, -0.2) is 50.4 Å². The lowest BCUT2D eigenvalue weighted by molar-refractivity contribution is -0.389. The van der Waals surface area contributed by atoms with Crippen molar-refractivity contribution in [3.05, 3.63) is 153 Å². The smallest absolute Gasteiger partial charge is 0.372 e. The van der Waals surface area contributed by atoms with Gasteiger partial charge in [0.1, 0.15) is 48.2 Å². The Morgan fingerprint density at radius 1 is 0.544 bits per heavy atom. The molecule has 3 aliphatic rings. The third-order valence-corrected chi connectivity index (χ3v) is 25.7. The number of thiol groups is 1. The van der Waals surface area contributed by atoms with Gasteiger partial charge in [-0.1, -0.05) is 72.8 Å². The number of carbonyl (C=O) groups is 22. The van der Waals surface area contributed by atoms with Crippen molar-refractivity contribution in [2.75, 3.05) is 89.7 Å². The second-order valence-corrected chi connectivity index (χ2v) is 37.0. The average Bonchev–Trinajstić information content (AvgIpc) is 1.04. The van der Waals surface area contributed by atoms with Crippen LogP contribution < -0.4 is 58.7 Å². The third-order valence-electron chi connectivity index (χ3n) is 21.9. The van der Waals surface area contributed by atoms with Gasteiger partial charge >= 0.3 is 53.8 Å². The predicted molar refractivity (Wildman–Crippen MR) is 511 cm³/mol. The van der Waals surface area contributed by atoms with Crippen molar-refractivity contribution in [2.45, 2.75) is 162 Å². The lowest BCUT2D eigenvalue weighted by Gasteiger charge is -2.32. The average molecular weight is 2170 g/mol. The number of aromatic carboxylic acids is 1. The van der Waals surface area contributed by atoms with Gasteiger partial charge < -0.3 is 132 Å². The number of benzene rings is 4. The van der Waals surface area contributed by atoms with Gasteiger partial charge in [0.15, 0.2) is 41.3 Å². The fourth-order valence-electron chi connectivity index (χ4n) is 14.6. The summed E-state index contributed by atoms with van der Waals surface area (Å²) in [5, 5.41) is 83.2. The van der Waals surface area contributed by atoms with Crippen molar-refractivity contribution in [3.8, 4) is 5.75 Å². The SMILES string of the molecule is Nc1ccc2c(c1S(=O)(=O)[O-])OC1=C(S(=O)(=O)[O-])C([NH3+])C=CC1=C2c1ccc(C(=O)CCCN2C(=O)CC(SCC(CC(=O)C(Cc3ccccc3)NC(=O)CCOCCOCCNC(=O)CC[C@@H](NC(=O)N[C@H](CCC(=O)O)OC=O)C(=O)O)C(=O)C(=O)O)C2=O)cc1C(=O)O.O=CO[C@@H](CCC(=O)O)NC(=O)N[C@H](CCC(=O)NCCOCCOCCC(=O)NC(Cc1ccccc1)C(=O)CC(CS)C(=O)C(=O)O)C(=O)O. The molecule has 4 aromatic rings. The maximum atomic E-state index is 14.0. The quantitative estimate of drug-likeness (QED) is 0.00276. The molecule has 0 aromatic heterocycles. The summed E-state index contributed by atoms with van der Waals surface area (Å²) in [5.41, 5.74) is 8.38. The molecule has 7 rings (SSSR count). The first kappa shape index (κ1) is 123. The van der Waals surface area contributed by atoms with E-state index in [9.17, 15) is 152 Å². The molecular formula is C92H110N11O42S4-. The van der Waals surface area contributed by atoms with Gasteiger partial charge in [-0.05, 0) is 79.1 Å². The number of hydrogen-bond donors (Lipinski definition) is 18. The zero-order valence-electron chi connectivity index (χ0n) is 79.3. The maximum absolute atomic E-state index is 14.0. The number of carboxylic acids is 7. The van der Waals surface area contributed by atoms with E-state index in [-0.39, 0.29) is 196 Å². The number of nitrogens with zero attached hydrogens (tertiary/aromatic N) is 1. The number of urea groups is 2. The number of rotatable bonds is 69. The molecule has 1 aliphatic carbocycles. The summed E-state index contributed by atoms with van der Waals surface area (Å²) in [6, 6.07) is 13.8. The number of amides is 10. The molecule has 1 fully saturated rings. The summed E-state index contributed by atoms with van der Waals surface area (Å²) < 4.78 is 112. The van der Waals surface area contributed by atoms with E-state index >= 15 is 0 Å². The van der Waals surface area contributed by atoms with Crippen molar-refractivity contribution in [3.63, 3.8) is 0 Å². The van der Waals surface area contributed by atoms with E-state index in [2.05, 4.69) is 70.4 Å². The number of Topliss-reactive ketones (excluding diaryl/α,β-unsaturated/α-hetero) is 5. The minimum Gasteiger partial charge on any atom is -0.744 e. The van der Waals surface area contributed by atoms with E-state index in [0.29, 0.717) is 5.56 Å². The fraction of sp³-hybridized carbons (Fsp3) is 0.435. The first-order chi connectivity index (χ1) is 70.6. The summed E-state index contributed by atoms with van der Waals surface area (Å²) in [6.07, 6.45) is -5.38. The molecule has 149 heavy (non-hydrogen) atoms. The Morgan fingerprint density at radius 3 is 1.44 bits per heavy atom. The lowest BCUT2D eigenvalue weighted by Crippen LogP contribution is -2.62. The number of carboxylic acid groups (broad SMARTS) is 7. The van der Waals surface area contributed by atoms with Crippen LogP contribution in [0.4, 0.5) is 15.3 Å². The molecule has 1 saturated heterocycles. The highest BCUT2D eigenvalue weighted by Gasteiger charge is 2.43. The minimum absolute atomic E-state index is 0.00230. The molecular weight excluding hydrogens is 2060 g/mol. The van der Waals surface area contributed by atoms with E-state index in [1.807, 2.05) is 0 Å². The highest BCUT2D eigenvalue weighted by atomic mass is 32.2. The van der Waals surface area contributed by atoms with Crippen LogP contribution in [0, 0.1) is 11.8 Å². The van der Waals surface area contributed by atoms with Gasteiger partial charge in [-0.3, -0.25) is 76.8 Å². The largest absolute Gasteiger partial charge is 0.744 e. The number of nitrogens with one attached hydrogen (secondary N) is 8. The highest BCUT2D eigenvalue weighted by Crippen LogP contribution is 2.50. The molecule has 10 amide bonds. The highest BCUT2D eigenvalue weighted by molar-refractivity contribution is 8.00. The molecule has 0 bridgehead atoms. The number of allylic oxidation sites excluding steroid dienone is 1. The summed E-state index contributed by atoms with van der Waals surface area (Å²) >= 11 is 4.74. The van der Waals surface area contributed by atoms with Gasteiger partial charge in [0.25, 0.3) is 12.9 Å². The Balaban J connectivity index is 0.000000549. The maximum Gasteiger partial charge on any atom is 0.372 e. The number of ketones is 5. The van der Waals surface area contributed by atoms with E-state index in [1.165, 1.54) is 24.3 Å². The predicted octanol–water partition coefficient (Wildman–Crippen LogP) is -1.47. The number of nitrogen functional groups attached to an aromatic ring is 1. The normalized spacial score (nSPS) is 15.2. The molecule has 2 heterocycles. The first-order valence-electron chi connectivity index (χ1n) is 45.4. The van der Waals surface area contributed by atoms with Crippen LogP contribution in [0.3, 0.4) is 0 Å². The molecule has 6 unspecified atom stereocenters. The number of quaternary nitrogens is 1. The topological polar surface area (TPSA) is 849 Å². The number of likely N-dealkylation sites (tertiary alicyclic amines) is 1. The Labute approximate surface area is 858 Å². The summed E-state index contributed by atoms with van der Waals surface area (Å²) in [4.78, 5) is 268. The van der Waals surface area contributed by atoms with Crippen molar-refractivity contribution in [1.82, 2.24) is 47.4 Å². The molecule has 0 spiro atoms. The van der Waals surface area contributed by atoms with Gasteiger partial charge in [0, 0.05) is 129 Å². The molecule has 53 nitrogen and oxygen atoms in total. The lowest BCUT2D eigenvalue weighted by atomic mass is 9.84. The van der Waals surface area contributed by atoms with E-state index in [1.54, 1.807) is 60.7 Å². The van der Waals surface area contributed by atoms with E-state index in [0.717, 1.165) is 40.4 Å². The summed E-state index contributed by atoms with van der Waals surface area (Å²) in [6.45, 7) is -0.256. The summed E-state index contributed by atoms with van der Waals surface area (Å²) in [7, 11) is -10.9. The minimum atomic E-state index is -5.50. The molecule has 20 N–H and O–H groups in total. The Bertz CT molecular complexity index is 5910. The number of carbonyl (C=O) groups excluding carboxylic acids is 15. The monoisotopic (exact) mass is 2170 g/mol. The molecule has 810 valence electrons. The third kappa shape index (κ3) is 41.4. The molecule has 0 radical (unpaired) electrons. The second kappa shape index (κ2) is 61.7. The van der Waals surface area contributed by atoms with Crippen LogP contribution in [-0.4, -0.2) is 330 Å². The molecule has 10 atom stereocenters. The number of imide groups is 1. The Morgan fingerprint density at radius 2 is 1.01 bits per heavy atom. The van der Waals surface area contributed by atoms with Crippen LogP contribution in [0.5, 0.6) is 5.75 Å². The van der Waals surface area contributed by atoms with Crippen LogP contribution in [0.1, 0.15) is 139 Å². The molecule has 2 aliphatic heterocycles. The number of aliphatic carboxylic acids is 6. The van der Waals surface area contributed by atoms with Crippen LogP contribution in [0.25, 0.3) is 5.57 Å². The van der Waals surface area contributed by atoms with Crippen LogP contribution in [0.2, 0.25) is 0 Å². The van der Waals surface area contributed by atoms with Gasteiger partial charge in [0.05, 0.1) is 94.3 Å². The number of anilines is 1. The Hall–Kier alpha value is -14.8. The number of ether oxygens (including phenoxy) is 7. The van der Waals surface area contributed by atoms with Crippen molar-refractivity contribution < 1.29 is 206 Å². The van der Waals surface area contributed by atoms with Crippen LogP contribution in [-0.2, 0) is 148 Å². The Kier molecular flexibility index (Phi) is 50.9. The van der Waals surface area contributed by atoms with Crippen molar-refractivity contribution in [2.24, 2.45) is 11.8 Å². The molecule has 57 heteroatoms. The number of fused-ring (bicyclic) bond motifs is 2. The standard InChI is InChI=1S/C60H67N7O27S3.C32H44N4O15S/c61-38-12-10-35-50(36-11-13-39(62)55(97(88,89)90)53(36)94-52(35)54(38)96(85,86)87)34-9-8-32(26-37(34)57(78)79)42(69)7-4-20-67-48(73)28-44(56(67)77)95-29-33(51(76)59(82)83)27-43(70)41(25-31-5-2-1-3-6-31)64-46(72)18-21-91-23-24-92-22-19-63-45(71)15-14-40(58(80)81)65-60(84)66-47(93-30-68)16-17-49(74)75;37-19-51-27(8-9-28(41)42)36-32(48)35-22(30(44)45)6-7-25(39)33-11-13-50-15-14-49-12-10-26(40)34-23(16-20-4-2-1-3-5-20)24(38)17-21(18-52)29(43)31(46)47/h1-3,5-6,8-13,26,30,33,38,40-41,44,47H,4,7,14-25,27-29,61-62H2,(H,63,71)(H,64,72)(H,74,75)(H,78,79)(H,80,81)(H,82,83)(H2,65,66,84)(H,85,86,87)(H,88,89,90);1-5,19,21-23,27,52H,6-18H2,(H,33,39)(H,34,40)(H,41,42)(H,44,45)(H,46,47)(H2,35,36,48)/p-1/t33?,38?,40-,41?,44?,47+;21?,22-,23?,27+/m11/s1. The van der Waals surface area contributed by atoms with Crippen molar-refractivity contribution >= 4 is 187 Å². The second-order valence-electron chi connectivity index (χ2n) is 32.7. The van der Waals surface area contributed by atoms with Gasteiger partial charge in [-0.2, -0.15) is 12.6 Å². The first-order valence-corrected chi connectivity index (χ1v) is 49.9. The summed E-state index contributed by atoms with van der Waals surface area (Å²) in [5.74, 6) is -23.6. The van der Waals surface area contributed by atoms with Gasteiger partial charge in [0.2, 0.25) is 47.0 Å². The van der Waals surface area contributed by atoms with Gasteiger partial charge in [-0.15, -0.1) is 11.8 Å². The zero-order chi connectivity index (χ0) is 110. The van der Waals surface area contributed by atoms with Crippen molar-refractivity contribution in [1.29, 1.82) is 0 Å². The van der Waals surface area contributed by atoms with Crippen LogP contribution >= 0.6 is 24.4 Å². The fourth-order valence-corrected chi connectivity index (χ4v) is 17.7. The molecule has 4 aromatic carbocycles. The molecule has 0 saturated carbocycles. The zero-order valence-corrected chi connectivity index (χ0v) is 82.6.